The van der Waals surface area contributed by atoms with Crippen LogP contribution in [0.25, 0.3) is 0 Å². The van der Waals surface area contributed by atoms with Crippen LogP contribution in [0.2, 0.25) is 0 Å². The summed E-state index contributed by atoms with van der Waals surface area (Å²) in [4.78, 5) is 2.03. The van der Waals surface area contributed by atoms with Crippen molar-refractivity contribution in [2.75, 3.05) is 7.05 Å². The first-order chi connectivity index (χ1) is 9.58. The Morgan fingerprint density at radius 2 is 1.80 bits per heavy atom. The van der Waals surface area contributed by atoms with Crippen molar-refractivity contribution < 1.29 is 4.39 Å². The maximum Gasteiger partial charge on any atom is 0.127 e. The van der Waals surface area contributed by atoms with E-state index in [-0.39, 0.29) is 5.82 Å². The minimum atomic E-state index is -0.264. The highest BCUT2D eigenvalue weighted by atomic mass is 19.1. The van der Waals surface area contributed by atoms with Gasteiger partial charge in [-0.2, -0.15) is 5.26 Å². The van der Waals surface area contributed by atoms with Crippen LogP contribution in [0.5, 0.6) is 0 Å². The van der Waals surface area contributed by atoms with Crippen LogP contribution >= 0.6 is 0 Å². The highest BCUT2D eigenvalue weighted by molar-refractivity contribution is 5.33. The molecule has 0 radical (unpaired) electrons. The molecule has 0 saturated carbocycles. The Morgan fingerprint density at radius 1 is 1.10 bits per heavy atom. The molecule has 0 bridgehead atoms. The van der Waals surface area contributed by atoms with Crippen molar-refractivity contribution in [2.45, 2.75) is 20.0 Å². The van der Waals surface area contributed by atoms with E-state index < -0.39 is 0 Å². The fourth-order valence-corrected chi connectivity index (χ4v) is 2.12. The molecule has 2 rings (SSSR count). The number of nitrogens with zero attached hydrogens (tertiary/aromatic N) is 2. The summed E-state index contributed by atoms with van der Waals surface area (Å²) in [6, 6.07) is 14.8. The molecule has 0 unspecified atom stereocenters. The van der Waals surface area contributed by atoms with Crippen molar-refractivity contribution in [2.24, 2.45) is 0 Å². The van der Waals surface area contributed by atoms with Gasteiger partial charge in [0.1, 0.15) is 5.82 Å². The van der Waals surface area contributed by atoms with Gasteiger partial charge in [0.15, 0.2) is 0 Å². The first kappa shape index (κ1) is 14.2. The molecule has 0 N–H and O–H groups in total. The van der Waals surface area contributed by atoms with Crippen LogP contribution in [0, 0.1) is 24.1 Å². The molecule has 0 aliphatic carbocycles. The van der Waals surface area contributed by atoms with Gasteiger partial charge in [-0.25, -0.2) is 4.39 Å². The summed E-state index contributed by atoms with van der Waals surface area (Å²) in [5.74, 6) is -0.264. The summed E-state index contributed by atoms with van der Waals surface area (Å²) >= 11 is 0. The molecule has 2 aromatic rings. The van der Waals surface area contributed by atoms with Crippen LogP contribution in [-0.2, 0) is 13.1 Å². The van der Waals surface area contributed by atoms with E-state index in [1.165, 1.54) is 23.3 Å². The zero-order valence-corrected chi connectivity index (χ0v) is 11.7. The molecule has 2 nitrogen and oxygen atoms in total. The standard InChI is InChI=1S/C17H17FN2/c1-13-3-5-14(6-4-13)11-20(2)12-16-9-15(10-19)7-8-17(16)18/h3-9H,11-12H2,1-2H3. The third-order valence-electron chi connectivity index (χ3n) is 3.19. The molecule has 20 heavy (non-hydrogen) atoms. The molecule has 3 heteroatoms. The summed E-state index contributed by atoms with van der Waals surface area (Å²) in [6.45, 7) is 3.28. The molecule has 0 aliphatic rings. The van der Waals surface area contributed by atoms with Crippen LogP contribution < -0.4 is 0 Å². The van der Waals surface area contributed by atoms with E-state index in [0.717, 1.165) is 6.54 Å². The normalized spacial score (nSPS) is 10.6. The predicted octanol–water partition coefficient (Wildman–Crippen LogP) is 3.64. The third-order valence-corrected chi connectivity index (χ3v) is 3.19. The van der Waals surface area contributed by atoms with Crippen LogP contribution in [-0.4, -0.2) is 11.9 Å². The van der Waals surface area contributed by atoms with Crippen LogP contribution in [0.4, 0.5) is 4.39 Å². The summed E-state index contributed by atoms with van der Waals surface area (Å²) in [6.07, 6.45) is 0. The predicted molar refractivity (Wildman–Crippen MR) is 77.5 cm³/mol. The molecule has 0 atom stereocenters. The zero-order valence-electron chi connectivity index (χ0n) is 11.7. The molecule has 0 amide bonds. The number of rotatable bonds is 4. The van der Waals surface area contributed by atoms with Crippen LogP contribution in [0.1, 0.15) is 22.3 Å². The first-order valence-corrected chi connectivity index (χ1v) is 6.51. The second-order valence-corrected chi connectivity index (χ2v) is 5.08. The molecule has 0 saturated heterocycles. The number of hydrogen-bond acceptors (Lipinski definition) is 2. The van der Waals surface area contributed by atoms with Gasteiger partial charge < -0.3 is 0 Å². The van der Waals surface area contributed by atoms with Gasteiger partial charge in [-0.15, -0.1) is 0 Å². The molecule has 0 aliphatic heterocycles. The zero-order chi connectivity index (χ0) is 14.5. The summed E-state index contributed by atoms with van der Waals surface area (Å²) in [7, 11) is 1.94. The number of hydrogen-bond donors (Lipinski definition) is 0. The topological polar surface area (TPSA) is 27.0 Å². The van der Waals surface area contributed by atoms with Crippen molar-refractivity contribution >= 4 is 0 Å². The maximum absolute atomic E-state index is 13.7. The average Bonchev–Trinajstić information content (AvgIpc) is 2.44. The van der Waals surface area contributed by atoms with Crippen molar-refractivity contribution in [3.8, 4) is 6.07 Å². The highest BCUT2D eigenvalue weighted by Crippen LogP contribution is 2.14. The summed E-state index contributed by atoms with van der Waals surface area (Å²) in [5.41, 5.74) is 3.46. The Hall–Kier alpha value is -2.18. The van der Waals surface area contributed by atoms with Gasteiger partial charge in [0, 0.05) is 18.7 Å². The monoisotopic (exact) mass is 268 g/mol. The average molecular weight is 268 g/mol. The van der Waals surface area contributed by atoms with Crippen LogP contribution in [0.15, 0.2) is 42.5 Å². The molecular weight excluding hydrogens is 251 g/mol. The van der Waals surface area contributed by atoms with E-state index in [2.05, 4.69) is 31.2 Å². The Labute approximate surface area is 119 Å². The Kier molecular flexibility index (Phi) is 4.49. The minimum Gasteiger partial charge on any atom is -0.298 e. The lowest BCUT2D eigenvalue weighted by atomic mass is 10.1. The number of halogens is 1. The van der Waals surface area contributed by atoms with Gasteiger partial charge in [0.25, 0.3) is 0 Å². The fourth-order valence-electron chi connectivity index (χ4n) is 2.12. The SMILES string of the molecule is Cc1ccc(CN(C)Cc2cc(C#N)ccc2F)cc1. The van der Waals surface area contributed by atoms with Gasteiger partial charge in [-0.05, 0) is 37.7 Å². The van der Waals surface area contributed by atoms with E-state index in [1.807, 2.05) is 18.0 Å². The van der Waals surface area contributed by atoms with Crippen molar-refractivity contribution in [1.82, 2.24) is 4.90 Å². The van der Waals surface area contributed by atoms with Gasteiger partial charge in [-0.3, -0.25) is 4.90 Å². The van der Waals surface area contributed by atoms with Crippen molar-refractivity contribution in [3.05, 3.63) is 70.5 Å². The van der Waals surface area contributed by atoms with E-state index >= 15 is 0 Å². The van der Waals surface area contributed by atoms with E-state index in [9.17, 15) is 4.39 Å². The van der Waals surface area contributed by atoms with E-state index in [4.69, 9.17) is 5.26 Å². The Bertz CT molecular complexity index is 626. The molecular formula is C17H17FN2. The van der Waals surface area contributed by atoms with E-state index in [0.29, 0.717) is 17.7 Å². The van der Waals surface area contributed by atoms with Crippen LogP contribution in [0.3, 0.4) is 0 Å². The summed E-state index contributed by atoms with van der Waals surface area (Å²) < 4.78 is 13.7. The number of benzene rings is 2. The van der Waals surface area contributed by atoms with Gasteiger partial charge in [-0.1, -0.05) is 29.8 Å². The molecule has 0 aromatic heterocycles. The minimum absolute atomic E-state index is 0.264. The molecule has 102 valence electrons. The highest BCUT2D eigenvalue weighted by Gasteiger charge is 2.07. The molecule has 0 heterocycles. The van der Waals surface area contributed by atoms with Gasteiger partial charge >= 0.3 is 0 Å². The molecule has 2 aromatic carbocycles. The largest absolute Gasteiger partial charge is 0.298 e. The third kappa shape index (κ3) is 3.66. The van der Waals surface area contributed by atoms with Crippen molar-refractivity contribution in [3.63, 3.8) is 0 Å². The lowest BCUT2D eigenvalue weighted by Gasteiger charge is -2.17. The van der Waals surface area contributed by atoms with Gasteiger partial charge in [0.2, 0.25) is 0 Å². The second-order valence-electron chi connectivity index (χ2n) is 5.08. The summed E-state index contributed by atoms with van der Waals surface area (Å²) in [5, 5.41) is 8.86. The molecule has 0 spiro atoms. The number of aryl methyl sites for hydroxylation is 1. The lowest BCUT2D eigenvalue weighted by molar-refractivity contribution is 0.313. The molecule has 0 fully saturated rings. The smallest absolute Gasteiger partial charge is 0.127 e. The second kappa shape index (κ2) is 6.31. The first-order valence-electron chi connectivity index (χ1n) is 6.51. The van der Waals surface area contributed by atoms with E-state index in [1.54, 1.807) is 6.07 Å². The Morgan fingerprint density at radius 3 is 2.45 bits per heavy atom. The van der Waals surface area contributed by atoms with Crippen molar-refractivity contribution in [1.29, 1.82) is 5.26 Å². The van der Waals surface area contributed by atoms with Gasteiger partial charge in [0.05, 0.1) is 11.6 Å². The fraction of sp³-hybridized carbons (Fsp3) is 0.235. The maximum atomic E-state index is 13.7. The lowest BCUT2D eigenvalue weighted by Crippen LogP contribution is -2.18. The Balaban J connectivity index is 2.06. The quantitative estimate of drug-likeness (QED) is 0.846. The number of nitriles is 1.